The number of nitrogens with two attached hydrogens (primary N) is 1. The van der Waals surface area contributed by atoms with E-state index in [9.17, 15) is 33.6 Å². The zero-order valence-electron chi connectivity index (χ0n) is 29.9. The van der Waals surface area contributed by atoms with Gasteiger partial charge in [0.2, 0.25) is 17.7 Å². The number of imide groups is 2. The van der Waals surface area contributed by atoms with E-state index >= 15 is 0 Å². The van der Waals surface area contributed by atoms with Gasteiger partial charge in [-0.05, 0) is 65.6 Å². The van der Waals surface area contributed by atoms with Gasteiger partial charge in [0.1, 0.15) is 6.04 Å². The zero-order valence-corrected chi connectivity index (χ0v) is 29.9. The number of benzene rings is 4. The number of hydrogen-bond acceptors (Lipinski definition) is 10. The number of hydrogen-bond donors (Lipinski definition) is 6. The SMILES string of the molecule is NC(=O)c1cnc2ccc(-c3ccc(C(=O)NCCNC(=O)CNCc4cccc5c4C(=O)N(C4CCC(=O)NC4=O)C5=O)cc3)cc2c1Nc1ccccc1. The Bertz CT molecular complexity index is 2420. The van der Waals surface area contributed by atoms with E-state index in [1.54, 1.807) is 24.3 Å². The number of anilines is 2. The Balaban J connectivity index is 0.899. The quantitative estimate of drug-likeness (QED) is 0.0763. The van der Waals surface area contributed by atoms with Crippen molar-refractivity contribution in [1.29, 1.82) is 0 Å². The summed E-state index contributed by atoms with van der Waals surface area (Å²) in [6.07, 6.45) is 1.53. The Labute approximate surface area is 320 Å². The molecule has 2 aliphatic rings. The number of primary amides is 1. The number of piperidine rings is 1. The Kier molecular flexibility index (Phi) is 10.6. The second-order valence-electron chi connectivity index (χ2n) is 13.2. The zero-order chi connectivity index (χ0) is 39.3. The summed E-state index contributed by atoms with van der Waals surface area (Å²) in [4.78, 5) is 93.3. The topological polar surface area (TPSA) is 222 Å². The number of fused-ring (bicyclic) bond motifs is 2. The van der Waals surface area contributed by atoms with Gasteiger partial charge in [-0.25, -0.2) is 0 Å². The number of rotatable bonds is 13. The van der Waals surface area contributed by atoms with Crippen LogP contribution in [-0.4, -0.2) is 76.9 Å². The molecule has 3 heterocycles. The molecule has 7 rings (SSSR count). The molecule has 1 atom stereocenters. The summed E-state index contributed by atoms with van der Waals surface area (Å²) in [6, 6.07) is 25.8. The smallest absolute Gasteiger partial charge is 0.262 e. The fourth-order valence-corrected chi connectivity index (χ4v) is 6.76. The summed E-state index contributed by atoms with van der Waals surface area (Å²) in [5, 5.41) is 14.7. The van der Waals surface area contributed by atoms with Crippen LogP contribution in [0.15, 0.2) is 97.2 Å². The van der Waals surface area contributed by atoms with Gasteiger partial charge in [0.05, 0.1) is 34.4 Å². The number of aromatic nitrogens is 1. The molecule has 5 aromatic rings. The van der Waals surface area contributed by atoms with Crippen molar-refractivity contribution in [2.24, 2.45) is 5.73 Å². The molecule has 56 heavy (non-hydrogen) atoms. The van der Waals surface area contributed by atoms with E-state index in [0.717, 1.165) is 21.7 Å². The molecule has 2 aliphatic heterocycles. The highest BCUT2D eigenvalue weighted by Gasteiger charge is 2.45. The fourth-order valence-electron chi connectivity index (χ4n) is 6.76. The predicted octanol–water partition coefficient (Wildman–Crippen LogP) is 2.78. The molecule has 0 aliphatic carbocycles. The van der Waals surface area contributed by atoms with Crippen molar-refractivity contribution in [1.82, 2.24) is 31.2 Å². The molecule has 0 saturated carbocycles. The largest absolute Gasteiger partial charge is 0.365 e. The van der Waals surface area contributed by atoms with Gasteiger partial charge in [-0.1, -0.05) is 48.5 Å². The van der Waals surface area contributed by atoms with E-state index < -0.39 is 35.6 Å². The van der Waals surface area contributed by atoms with Gasteiger partial charge >= 0.3 is 0 Å². The molecule has 15 heteroatoms. The summed E-state index contributed by atoms with van der Waals surface area (Å²) in [5.74, 6) is -3.65. The molecule has 15 nitrogen and oxygen atoms in total. The van der Waals surface area contributed by atoms with Gasteiger partial charge in [-0.2, -0.15) is 0 Å². The molecule has 1 saturated heterocycles. The minimum absolute atomic E-state index is 0.0217. The number of pyridine rings is 1. The minimum atomic E-state index is -1.07. The maximum Gasteiger partial charge on any atom is 0.262 e. The normalized spacial score (nSPS) is 15.0. The summed E-state index contributed by atoms with van der Waals surface area (Å²) < 4.78 is 0. The third kappa shape index (κ3) is 7.69. The number of amides is 7. The molecule has 0 spiro atoms. The molecule has 7 N–H and O–H groups in total. The van der Waals surface area contributed by atoms with Crippen LogP contribution in [-0.2, 0) is 20.9 Å². The molecule has 0 radical (unpaired) electrons. The number of para-hydroxylation sites is 1. The molecular weight excluding hydrogens is 716 g/mol. The van der Waals surface area contributed by atoms with E-state index in [-0.39, 0.29) is 67.5 Å². The molecule has 7 amide bonds. The summed E-state index contributed by atoms with van der Waals surface area (Å²) in [6.45, 7) is 0.331. The molecular formula is C41H36N8O7. The van der Waals surface area contributed by atoms with Crippen LogP contribution < -0.4 is 32.3 Å². The van der Waals surface area contributed by atoms with Gasteiger partial charge in [0.15, 0.2) is 0 Å². The van der Waals surface area contributed by atoms with Crippen LogP contribution in [0.3, 0.4) is 0 Å². The van der Waals surface area contributed by atoms with Crippen molar-refractivity contribution < 1.29 is 33.6 Å². The predicted molar refractivity (Wildman–Crippen MR) is 206 cm³/mol. The van der Waals surface area contributed by atoms with Crippen LogP contribution >= 0.6 is 0 Å². The number of nitrogens with one attached hydrogen (secondary N) is 5. The van der Waals surface area contributed by atoms with Gasteiger partial charge in [0.25, 0.3) is 23.6 Å². The Morgan fingerprint density at radius 3 is 2.34 bits per heavy atom. The van der Waals surface area contributed by atoms with E-state index in [4.69, 9.17) is 5.73 Å². The third-order valence-corrected chi connectivity index (χ3v) is 9.55. The van der Waals surface area contributed by atoms with E-state index in [1.165, 1.54) is 12.3 Å². The van der Waals surface area contributed by atoms with E-state index in [1.807, 2.05) is 60.7 Å². The van der Waals surface area contributed by atoms with Crippen molar-refractivity contribution in [2.45, 2.75) is 25.4 Å². The summed E-state index contributed by atoms with van der Waals surface area (Å²) >= 11 is 0. The first-order valence-electron chi connectivity index (χ1n) is 17.8. The lowest BCUT2D eigenvalue weighted by atomic mass is 10.00. The first-order valence-corrected chi connectivity index (χ1v) is 17.8. The number of carbonyl (C=O) groups excluding carboxylic acids is 7. The molecule has 4 aromatic carbocycles. The second kappa shape index (κ2) is 16.0. The summed E-state index contributed by atoms with van der Waals surface area (Å²) in [7, 11) is 0. The number of carbonyl (C=O) groups is 7. The monoisotopic (exact) mass is 752 g/mol. The maximum absolute atomic E-state index is 13.3. The highest BCUT2D eigenvalue weighted by molar-refractivity contribution is 6.24. The number of nitrogens with zero attached hydrogens (tertiary/aromatic N) is 2. The second-order valence-corrected chi connectivity index (χ2v) is 13.2. The van der Waals surface area contributed by atoms with Crippen LogP contribution in [0.1, 0.15) is 59.8 Å². The van der Waals surface area contributed by atoms with Gasteiger partial charge < -0.3 is 27.0 Å². The minimum Gasteiger partial charge on any atom is -0.365 e. The maximum atomic E-state index is 13.3. The van der Waals surface area contributed by atoms with Crippen molar-refractivity contribution in [3.63, 3.8) is 0 Å². The van der Waals surface area contributed by atoms with E-state index in [2.05, 4.69) is 31.6 Å². The van der Waals surface area contributed by atoms with Crippen molar-refractivity contribution in [3.05, 3.63) is 125 Å². The van der Waals surface area contributed by atoms with E-state index in [0.29, 0.717) is 27.7 Å². The van der Waals surface area contributed by atoms with Crippen LogP contribution in [0.5, 0.6) is 0 Å². The van der Waals surface area contributed by atoms with Crippen molar-refractivity contribution in [3.8, 4) is 11.1 Å². The summed E-state index contributed by atoms with van der Waals surface area (Å²) in [5.41, 5.74) is 10.8. The Morgan fingerprint density at radius 1 is 0.839 bits per heavy atom. The van der Waals surface area contributed by atoms with Crippen LogP contribution in [0.2, 0.25) is 0 Å². The fraction of sp³-hybridized carbons (Fsp3) is 0.171. The average molecular weight is 753 g/mol. The highest BCUT2D eigenvalue weighted by atomic mass is 16.2. The Morgan fingerprint density at radius 2 is 1.59 bits per heavy atom. The Hall–Kier alpha value is -7.26. The standard InChI is InChI=1S/C41H36N8O7/c42-37(52)30-21-46-31-14-13-25(19-29(31)36(30)47-27-6-2-1-3-7-27)23-9-11-24(12-10-23)38(53)45-18-17-44-34(51)22-43-20-26-5-4-8-28-35(26)41(56)49(40(28)55)32-15-16-33(50)48-39(32)54/h1-14,19,21,32,43H,15-18,20,22H2,(H2,42,52)(H,44,51)(H,45,53)(H,46,47)(H,48,50,54). The van der Waals surface area contributed by atoms with Crippen molar-refractivity contribution in [2.75, 3.05) is 25.0 Å². The van der Waals surface area contributed by atoms with Gasteiger partial charge in [-0.3, -0.25) is 48.8 Å². The molecule has 282 valence electrons. The van der Waals surface area contributed by atoms with Crippen LogP contribution in [0.4, 0.5) is 11.4 Å². The van der Waals surface area contributed by atoms with Crippen molar-refractivity contribution >= 4 is 63.6 Å². The molecule has 1 aromatic heterocycles. The van der Waals surface area contributed by atoms with Gasteiger partial charge in [-0.15, -0.1) is 0 Å². The lowest BCUT2D eigenvalue weighted by molar-refractivity contribution is -0.136. The lowest BCUT2D eigenvalue weighted by Crippen LogP contribution is -2.54. The highest BCUT2D eigenvalue weighted by Crippen LogP contribution is 2.33. The first kappa shape index (κ1) is 37.1. The molecule has 1 fully saturated rings. The average Bonchev–Trinajstić information content (AvgIpc) is 3.45. The van der Waals surface area contributed by atoms with Crippen LogP contribution in [0, 0.1) is 0 Å². The third-order valence-electron chi connectivity index (χ3n) is 9.55. The van der Waals surface area contributed by atoms with Gasteiger partial charge in [0, 0.05) is 48.9 Å². The first-order chi connectivity index (χ1) is 27.1. The molecule has 1 unspecified atom stereocenters. The van der Waals surface area contributed by atoms with Crippen LogP contribution in [0.25, 0.3) is 22.0 Å². The lowest BCUT2D eigenvalue weighted by Gasteiger charge is -2.27. The molecule has 0 bridgehead atoms.